The molecule has 0 saturated heterocycles. The van der Waals surface area contributed by atoms with Gasteiger partial charge in [-0.2, -0.15) is 0 Å². The molecule has 0 aliphatic rings. The Hall–Kier alpha value is -2.79. The minimum atomic E-state index is -0.465. The molecule has 25 heavy (non-hydrogen) atoms. The Morgan fingerprint density at radius 2 is 1.76 bits per heavy atom. The maximum atomic E-state index is 11.6. The number of rotatable bonds is 7. The Kier molecular flexibility index (Phi) is 7.53. The summed E-state index contributed by atoms with van der Waals surface area (Å²) in [7, 11) is 0. The Balaban J connectivity index is 1.70. The Labute approximate surface area is 151 Å². The van der Waals surface area contributed by atoms with Gasteiger partial charge in [0.15, 0.2) is 0 Å². The lowest BCUT2D eigenvalue weighted by atomic mass is 10.2. The van der Waals surface area contributed by atoms with Crippen molar-refractivity contribution in [2.75, 3.05) is 17.7 Å². The molecule has 0 spiro atoms. The number of nitrogens with one attached hydrogen (secondary N) is 2. The normalized spacial score (nSPS) is 10.4. The van der Waals surface area contributed by atoms with Crippen LogP contribution in [0.5, 0.6) is 0 Å². The number of hydrogen-bond acceptors (Lipinski definition) is 3. The van der Waals surface area contributed by atoms with E-state index in [0.29, 0.717) is 12.2 Å². The van der Waals surface area contributed by atoms with Crippen LogP contribution in [0.1, 0.15) is 11.1 Å². The highest BCUT2D eigenvalue weighted by Gasteiger charge is 2.01. The lowest BCUT2D eigenvalue weighted by Gasteiger charge is -2.05. The molecule has 6 heteroatoms. The molecule has 0 unspecified atom stereocenters. The van der Waals surface area contributed by atoms with E-state index in [4.69, 9.17) is 16.3 Å². The fraction of sp³-hybridized carbons (Fsp3) is 0.158. The topological polar surface area (TPSA) is 67.4 Å². The number of amides is 2. The molecule has 0 atom stereocenters. The largest absolute Gasteiger partial charge is 0.445 e. The number of halogens is 1. The maximum absolute atomic E-state index is 11.6. The van der Waals surface area contributed by atoms with Gasteiger partial charge in [0.25, 0.3) is 0 Å². The van der Waals surface area contributed by atoms with E-state index >= 15 is 0 Å². The third-order valence-corrected chi connectivity index (χ3v) is 3.45. The van der Waals surface area contributed by atoms with Gasteiger partial charge < -0.3 is 15.4 Å². The van der Waals surface area contributed by atoms with Crippen molar-refractivity contribution in [3.05, 3.63) is 71.8 Å². The van der Waals surface area contributed by atoms with Crippen LogP contribution in [0.3, 0.4) is 0 Å². The van der Waals surface area contributed by atoms with Crippen LogP contribution in [0.2, 0.25) is 0 Å². The van der Waals surface area contributed by atoms with E-state index in [1.807, 2.05) is 54.6 Å². The average molecular weight is 359 g/mol. The third kappa shape index (κ3) is 7.10. The average Bonchev–Trinajstić information content (AvgIpc) is 2.65. The zero-order valence-corrected chi connectivity index (χ0v) is 14.3. The molecule has 0 aliphatic carbocycles. The van der Waals surface area contributed by atoms with Gasteiger partial charge in [-0.25, -0.2) is 4.79 Å². The third-order valence-electron chi connectivity index (χ3n) is 3.20. The summed E-state index contributed by atoms with van der Waals surface area (Å²) in [5.74, 6) is -0.323. The van der Waals surface area contributed by atoms with Gasteiger partial charge in [0.1, 0.15) is 12.5 Å². The van der Waals surface area contributed by atoms with Gasteiger partial charge in [-0.05, 0) is 23.3 Å². The highest BCUT2D eigenvalue weighted by atomic mass is 35.5. The Bertz CT molecular complexity index is 715. The molecule has 0 bridgehead atoms. The molecule has 0 fully saturated rings. The van der Waals surface area contributed by atoms with Crippen LogP contribution >= 0.6 is 11.6 Å². The molecule has 5 nitrogen and oxygen atoms in total. The van der Waals surface area contributed by atoms with Crippen molar-refractivity contribution in [1.82, 2.24) is 5.32 Å². The van der Waals surface area contributed by atoms with Gasteiger partial charge in [-0.1, -0.05) is 54.6 Å². The van der Waals surface area contributed by atoms with Crippen LogP contribution in [0.25, 0.3) is 6.08 Å². The summed E-state index contributed by atoms with van der Waals surface area (Å²) in [6.07, 6.45) is 3.22. The lowest BCUT2D eigenvalue weighted by Crippen LogP contribution is -2.24. The zero-order chi connectivity index (χ0) is 17.9. The minimum Gasteiger partial charge on any atom is -0.445 e. The van der Waals surface area contributed by atoms with Crippen molar-refractivity contribution < 1.29 is 14.3 Å². The number of ether oxygens (including phenoxy) is 1. The molecule has 0 radical (unpaired) electrons. The molecule has 2 rings (SSSR count). The van der Waals surface area contributed by atoms with E-state index in [1.54, 1.807) is 12.1 Å². The molecule has 2 aromatic rings. The van der Waals surface area contributed by atoms with E-state index in [9.17, 15) is 9.59 Å². The first-order chi connectivity index (χ1) is 12.2. The van der Waals surface area contributed by atoms with Gasteiger partial charge in [0.2, 0.25) is 5.91 Å². The predicted molar refractivity (Wildman–Crippen MR) is 99.5 cm³/mol. The van der Waals surface area contributed by atoms with Crippen molar-refractivity contribution in [2.24, 2.45) is 0 Å². The summed E-state index contributed by atoms with van der Waals surface area (Å²) >= 11 is 5.43. The van der Waals surface area contributed by atoms with Crippen LogP contribution in [0.15, 0.2) is 60.7 Å². The van der Waals surface area contributed by atoms with Crippen molar-refractivity contribution >= 4 is 35.4 Å². The summed E-state index contributed by atoms with van der Waals surface area (Å²) in [6, 6.07) is 16.8. The molecule has 2 amide bonds. The highest BCUT2D eigenvalue weighted by molar-refractivity contribution is 6.29. The summed E-state index contributed by atoms with van der Waals surface area (Å²) < 4.78 is 5.11. The van der Waals surface area contributed by atoms with Crippen molar-refractivity contribution in [3.63, 3.8) is 0 Å². The molecule has 0 aromatic heterocycles. The monoisotopic (exact) mass is 358 g/mol. The quantitative estimate of drug-likeness (QED) is 0.740. The number of benzene rings is 2. The van der Waals surface area contributed by atoms with E-state index in [-0.39, 0.29) is 18.4 Å². The number of carbonyl (C=O) groups excluding carboxylic acids is 2. The molecular weight excluding hydrogens is 340 g/mol. The van der Waals surface area contributed by atoms with E-state index in [0.717, 1.165) is 11.1 Å². The second-order valence-corrected chi connectivity index (χ2v) is 5.42. The van der Waals surface area contributed by atoms with Crippen LogP contribution in [-0.4, -0.2) is 24.4 Å². The van der Waals surface area contributed by atoms with E-state index in [1.165, 1.54) is 0 Å². The fourth-order valence-electron chi connectivity index (χ4n) is 1.98. The second kappa shape index (κ2) is 10.2. The van der Waals surface area contributed by atoms with Crippen LogP contribution < -0.4 is 10.6 Å². The van der Waals surface area contributed by atoms with E-state index < -0.39 is 6.09 Å². The second-order valence-electron chi connectivity index (χ2n) is 5.15. The van der Waals surface area contributed by atoms with Gasteiger partial charge in [0, 0.05) is 12.2 Å². The van der Waals surface area contributed by atoms with Gasteiger partial charge in [-0.3, -0.25) is 4.79 Å². The number of anilines is 1. The Morgan fingerprint density at radius 1 is 1.04 bits per heavy atom. The maximum Gasteiger partial charge on any atom is 0.407 e. The number of carbonyl (C=O) groups is 2. The van der Waals surface area contributed by atoms with Crippen molar-refractivity contribution in [1.29, 1.82) is 0 Å². The van der Waals surface area contributed by atoms with E-state index in [2.05, 4.69) is 10.6 Å². The number of alkyl carbamates (subject to hydrolysis) is 1. The number of hydrogen-bond donors (Lipinski definition) is 2. The summed E-state index contributed by atoms with van der Waals surface area (Å²) in [5.41, 5.74) is 2.57. The first kappa shape index (κ1) is 18.5. The molecule has 0 saturated carbocycles. The highest BCUT2D eigenvalue weighted by Crippen LogP contribution is 2.10. The zero-order valence-electron chi connectivity index (χ0n) is 13.6. The first-order valence-electron chi connectivity index (χ1n) is 7.74. The van der Waals surface area contributed by atoms with Crippen LogP contribution in [-0.2, 0) is 16.1 Å². The van der Waals surface area contributed by atoms with Gasteiger partial charge in [0.05, 0.1) is 0 Å². The Morgan fingerprint density at radius 3 is 2.44 bits per heavy atom. The predicted octanol–water partition coefficient (Wildman–Crippen LogP) is 3.80. The summed E-state index contributed by atoms with van der Waals surface area (Å²) in [4.78, 5) is 22.8. The molecule has 2 N–H and O–H groups in total. The molecule has 0 heterocycles. The minimum absolute atomic E-state index is 0.0757. The first-order valence-corrected chi connectivity index (χ1v) is 8.28. The van der Waals surface area contributed by atoms with Crippen LogP contribution in [0.4, 0.5) is 10.5 Å². The molecule has 130 valence electrons. The van der Waals surface area contributed by atoms with Crippen LogP contribution in [0, 0.1) is 0 Å². The fourth-order valence-corrected chi connectivity index (χ4v) is 2.05. The van der Waals surface area contributed by atoms with Crippen molar-refractivity contribution in [3.8, 4) is 0 Å². The smallest absolute Gasteiger partial charge is 0.407 e. The SMILES string of the molecule is O=C(CCl)Nc1ccc(C=CCNC(=O)OCc2ccccc2)cc1. The van der Waals surface area contributed by atoms with Gasteiger partial charge in [-0.15, -0.1) is 11.6 Å². The molecule has 2 aromatic carbocycles. The summed E-state index contributed by atoms with van der Waals surface area (Å²) in [5, 5.41) is 5.31. The molecule has 0 aliphatic heterocycles. The number of alkyl halides is 1. The summed E-state index contributed by atoms with van der Waals surface area (Å²) in [6.45, 7) is 0.601. The molecular formula is C19H19ClN2O3. The standard InChI is InChI=1S/C19H19ClN2O3/c20-13-18(23)22-17-10-8-15(9-11-17)7-4-12-21-19(24)25-14-16-5-2-1-3-6-16/h1-11H,12-14H2,(H,21,24)(H,22,23). The van der Waals surface area contributed by atoms with Gasteiger partial charge >= 0.3 is 6.09 Å². The lowest BCUT2D eigenvalue weighted by molar-refractivity contribution is -0.113. The van der Waals surface area contributed by atoms with Crippen molar-refractivity contribution in [2.45, 2.75) is 6.61 Å².